The highest BCUT2D eigenvalue weighted by molar-refractivity contribution is 5.88. The fraction of sp³-hybridized carbons (Fsp3) is 0.686. The molecule has 0 aliphatic rings. The minimum atomic E-state index is -0.556. The molecule has 0 fully saturated rings. The topological polar surface area (TPSA) is 113 Å². The van der Waals surface area contributed by atoms with Crippen molar-refractivity contribution in [3.63, 3.8) is 0 Å². The van der Waals surface area contributed by atoms with Gasteiger partial charge in [-0.1, -0.05) is 50.3 Å². The van der Waals surface area contributed by atoms with Crippen LogP contribution >= 0.6 is 0 Å². The van der Waals surface area contributed by atoms with Crippen LogP contribution in [0.2, 0.25) is 0 Å². The molecule has 0 unspecified atom stereocenters. The van der Waals surface area contributed by atoms with E-state index in [1.807, 2.05) is 72.0 Å². The summed E-state index contributed by atoms with van der Waals surface area (Å²) in [5.74, 6) is -0.125. The number of hydrogen-bond acceptors (Lipinski definition) is 6. The first-order valence-electron chi connectivity index (χ1n) is 16.6. The largest absolute Gasteiger partial charge is 0.460 e. The molecule has 1 aromatic carbocycles. The van der Waals surface area contributed by atoms with Crippen LogP contribution in [0.4, 0.5) is 4.79 Å². The molecular weight excluding hydrogens is 556 g/mol. The van der Waals surface area contributed by atoms with Crippen LogP contribution in [0.5, 0.6) is 0 Å². The van der Waals surface area contributed by atoms with Crippen LogP contribution in [-0.4, -0.2) is 71.8 Å². The number of nitrogens with one attached hydrogen (secondary N) is 3. The Morgan fingerprint density at radius 3 is 2.02 bits per heavy atom. The Hall–Kier alpha value is -3.07. The lowest BCUT2D eigenvalue weighted by Crippen LogP contribution is -2.40. The monoisotopic (exact) mass is 614 g/mol. The maximum Gasteiger partial charge on any atom is 0.410 e. The maximum absolute atomic E-state index is 12.8. The number of benzene rings is 1. The number of esters is 1. The smallest absolute Gasteiger partial charge is 0.410 e. The molecule has 2 aromatic rings. The van der Waals surface area contributed by atoms with Gasteiger partial charge < -0.3 is 30.0 Å². The minimum Gasteiger partial charge on any atom is -0.460 e. The van der Waals surface area contributed by atoms with Gasteiger partial charge in [0.25, 0.3) is 0 Å². The van der Waals surface area contributed by atoms with Crippen molar-refractivity contribution in [2.75, 3.05) is 32.7 Å². The van der Waals surface area contributed by atoms with Crippen molar-refractivity contribution in [3.8, 4) is 0 Å². The number of H-pyrrole nitrogens is 1. The number of amides is 2. The molecule has 9 nitrogen and oxygen atoms in total. The molecule has 0 saturated carbocycles. The SMILES string of the molecule is CC(C)(C)OC(=O)CCCCCCCCCNCCCN(CCCNC(=O)Cc1c[nH]c2ccccc12)C(=O)OC(C)(C)C. The van der Waals surface area contributed by atoms with Gasteiger partial charge >= 0.3 is 12.1 Å². The Labute approximate surface area is 265 Å². The third-order valence-electron chi connectivity index (χ3n) is 7.04. The summed E-state index contributed by atoms with van der Waals surface area (Å²) in [7, 11) is 0. The molecule has 0 aliphatic carbocycles. The number of fused-ring (bicyclic) bond motifs is 1. The van der Waals surface area contributed by atoms with E-state index in [-0.39, 0.29) is 18.0 Å². The van der Waals surface area contributed by atoms with Crippen LogP contribution in [0.3, 0.4) is 0 Å². The van der Waals surface area contributed by atoms with Crippen LogP contribution in [0, 0.1) is 0 Å². The first kappa shape index (κ1) is 37.1. The van der Waals surface area contributed by atoms with Gasteiger partial charge in [0.2, 0.25) is 5.91 Å². The third-order valence-corrected chi connectivity index (χ3v) is 7.04. The summed E-state index contributed by atoms with van der Waals surface area (Å²) in [5, 5.41) is 7.55. The number of ether oxygens (including phenoxy) is 2. The lowest BCUT2D eigenvalue weighted by molar-refractivity contribution is -0.154. The molecule has 0 spiro atoms. The zero-order valence-corrected chi connectivity index (χ0v) is 28.2. The van der Waals surface area contributed by atoms with Gasteiger partial charge in [0.15, 0.2) is 0 Å². The van der Waals surface area contributed by atoms with E-state index in [1.54, 1.807) is 4.90 Å². The predicted molar refractivity (Wildman–Crippen MR) is 178 cm³/mol. The van der Waals surface area contributed by atoms with E-state index in [4.69, 9.17) is 9.47 Å². The third kappa shape index (κ3) is 16.7. The summed E-state index contributed by atoms with van der Waals surface area (Å²) in [5.41, 5.74) is 1.05. The molecular formula is C35H58N4O5. The molecule has 2 amide bonds. The first-order chi connectivity index (χ1) is 20.8. The number of para-hydroxylation sites is 1. The first-order valence-corrected chi connectivity index (χ1v) is 16.6. The van der Waals surface area contributed by atoms with Gasteiger partial charge in [0, 0.05) is 43.2 Å². The van der Waals surface area contributed by atoms with E-state index in [9.17, 15) is 14.4 Å². The molecule has 0 aliphatic heterocycles. The van der Waals surface area contributed by atoms with Crippen molar-refractivity contribution < 1.29 is 23.9 Å². The van der Waals surface area contributed by atoms with Crippen molar-refractivity contribution in [3.05, 3.63) is 36.0 Å². The van der Waals surface area contributed by atoms with Gasteiger partial charge in [0.05, 0.1) is 6.42 Å². The summed E-state index contributed by atoms with van der Waals surface area (Å²) < 4.78 is 11.0. The summed E-state index contributed by atoms with van der Waals surface area (Å²) in [6.07, 6.45) is 11.8. The lowest BCUT2D eigenvalue weighted by atomic mass is 10.1. The Morgan fingerprint density at radius 1 is 0.750 bits per heavy atom. The zero-order chi connectivity index (χ0) is 32.4. The summed E-state index contributed by atoms with van der Waals surface area (Å²) in [6.45, 7) is 14.8. The summed E-state index contributed by atoms with van der Waals surface area (Å²) in [4.78, 5) is 42.1. The van der Waals surface area contributed by atoms with Crippen LogP contribution in [0.25, 0.3) is 10.9 Å². The molecule has 0 radical (unpaired) electrons. The van der Waals surface area contributed by atoms with E-state index < -0.39 is 11.2 Å². The van der Waals surface area contributed by atoms with Crippen LogP contribution in [-0.2, 0) is 25.5 Å². The van der Waals surface area contributed by atoms with Crippen molar-refractivity contribution in [1.29, 1.82) is 0 Å². The molecule has 2 rings (SSSR count). The average molecular weight is 615 g/mol. The quantitative estimate of drug-likeness (QED) is 0.111. The Bertz CT molecular complexity index is 1130. The summed E-state index contributed by atoms with van der Waals surface area (Å²) in [6, 6.07) is 7.96. The Morgan fingerprint density at radius 2 is 1.34 bits per heavy atom. The number of aromatic nitrogens is 1. The van der Waals surface area contributed by atoms with Gasteiger partial charge in [-0.2, -0.15) is 0 Å². The van der Waals surface area contributed by atoms with Gasteiger partial charge in [0.1, 0.15) is 11.2 Å². The minimum absolute atomic E-state index is 0.0269. The van der Waals surface area contributed by atoms with Crippen LogP contribution in [0.15, 0.2) is 30.5 Å². The van der Waals surface area contributed by atoms with Crippen molar-refractivity contribution in [2.45, 2.75) is 123 Å². The highest BCUT2D eigenvalue weighted by atomic mass is 16.6. The number of hydrogen-bond donors (Lipinski definition) is 3. The second-order valence-electron chi connectivity index (χ2n) is 13.6. The maximum atomic E-state index is 12.8. The molecule has 0 saturated heterocycles. The second kappa shape index (κ2) is 19.3. The molecule has 1 aromatic heterocycles. The van der Waals surface area contributed by atoms with E-state index in [0.717, 1.165) is 61.7 Å². The van der Waals surface area contributed by atoms with Gasteiger partial charge in [-0.3, -0.25) is 9.59 Å². The van der Waals surface area contributed by atoms with Crippen molar-refractivity contribution >= 4 is 28.9 Å². The average Bonchev–Trinajstić information content (AvgIpc) is 3.33. The van der Waals surface area contributed by atoms with Crippen molar-refractivity contribution in [2.24, 2.45) is 0 Å². The van der Waals surface area contributed by atoms with E-state index in [1.165, 1.54) is 19.3 Å². The normalized spacial score (nSPS) is 11.9. The molecule has 3 N–H and O–H groups in total. The Kier molecular flexibility index (Phi) is 16.3. The van der Waals surface area contributed by atoms with Crippen LogP contribution < -0.4 is 10.6 Å². The fourth-order valence-electron chi connectivity index (χ4n) is 4.95. The van der Waals surface area contributed by atoms with E-state index in [0.29, 0.717) is 38.9 Å². The predicted octanol–water partition coefficient (Wildman–Crippen LogP) is 6.90. The van der Waals surface area contributed by atoms with Gasteiger partial charge in [-0.05, 0) is 91.9 Å². The van der Waals surface area contributed by atoms with Gasteiger partial charge in [-0.25, -0.2) is 4.79 Å². The number of unbranched alkanes of at least 4 members (excludes halogenated alkanes) is 6. The molecule has 248 valence electrons. The van der Waals surface area contributed by atoms with Gasteiger partial charge in [-0.15, -0.1) is 0 Å². The number of aromatic amines is 1. The molecule has 0 atom stereocenters. The lowest BCUT2D eigenvalue weighted by Gasteiger charge is -2.27. The number of carbonyl (C=O) groups excluding carboxylic acids is 3. The Balaban J connectivity index is 1.56. The van der Waals surface area contributed by atoms with Crippen LogP contribution in [0.1, 0.15) is 111 Å². The molecule has 0 bridgehead atoms. The zero-order valence-electron chi connectivity index (χ0n) is 28.2. The molecule has 44 heavy (non-hydrogen) atoms. The highest BCUT2D eigenvalue weighted by Gasteiger charge is 2.22. The number of rotatable bonds is 20. The highest BCUT2D eigenvalue weighted by Crippen LogP contribution is 2.18. The van der Waals surface area contributed by atoms with E-state index >= 15 is 0 Å². The fourth-order valence-corrected chi connectivity index (χ4v) is 4.95. The standard InChI is InChI=1S/C35H58N4O5/c1-34(2,3)43-32(41)20-12-10-8-7-9-11-15-21-36-22-16-24-39(33(42)44-35(4,5)6)25-17-23-37-31(40)26-28-27-38-30-19-14-13-18-29(28)30/h13-14,18-19,27,36,38H,7-12,15-17,20-26H2,1-6H3,(H,37,40). The molecule has 1 heterocycles. The van der Waals surface area contributed by atoms with E-state index in [2.05, 4.69) is 15.6 Å². The van der Waals surface area contributed by atoms with Crippen molar-refractivity contribution in [1.82, 2.24) is 20.5 Å². The number of nitrogens with zero attached hydrogens (tertiary/aromatic N) is 1. The summed E-state index contributed by atoms with van der Waals surface area (Å²) >= 11 is 0. The number of carbonyl (C=O) groups is 3. The molecule has 9 heteroatoms. The second-order valence-corrected chi connectivity index (χ2v) is 13.6.